The van der Waals surface area contributed by atoms with Crippen LogP contribution in [0.25, 0.3) is 5.82 Å². The van der Waals surface area contributed by atoms with Gasteiger partial charge in [-0.1, -0.05) is 12.1 Å². The van der Waals surface area contributed by atoms with Crippen molar-refractivity contribution >= 4 is 11.7 Å². The van der Waals surface area contributed by atoms with Crippen LogP contribution in [0.15, 0.2) is 48.8 Å². The summed E-state index contributed by atoms with van der Waals surface area (Å²) in [6, 6.07) is 11.7. The van der Waals surface area contributed by atoms with Crippen molar-refractivity contribution in [3.8, 4) is 5.82 Å². The summed E-state index contributed by atoms with van der Waals surface area (Å²) in [5.41, 5.74) is 2.43. The Morgan fingerprint density at radius 1 is 1.13 bits per heavy atom. The number of nitrogens with zero attached hydrogens (tertiary/aromatic N) is 5. The molecule has 0 bridgehead atoms. The van der Waals surface area contributed by atoms with Crippen LogP contribution in [0.3, 0.4) is 0 Å². The Hall–Kier alpha value is -3.10. The van der Waals surface area contributed by atoms with Gasteiger partial charge in [0.05, 0.1) is 24.9 Å². The highest BCUT2D eigenvalue weighted by Crippen LogP contribution is 2.31. The lowest BCUT2D eigenvalue weighted by molar-refractivity contribution is -0.0713. The molecule has 3 aromatic heterocycles. The van der Waals surface area contributed by atoms with E-state index in [1.54, 1.807) is 35.3 Å². The molecule has 0 atom stereocenters. The van der Waals surface area contributed by atoms with E-state index in [2.05, 4.69) is 20.2 Å². The van der Waals surface area contributed by atoms with Gasteiger partial charge in [0.15, 0.2) is 5.82 Å². The zero-order valence-electron chi connectivity index (χ0n) is 17.6. The number of aryl methyl sites for hydroxylation is 1. The SMILES string of the molecule is Cc1ccc(-n2nc(C3CCN(C4COC4)CC3)cc2NC(=O)c2ccccn2)nc1. The number of ether oxygens (including phenoxy) is 1. The molecule has 8 heteroatoms. The zero-order valence-corrected chi connectivity index (χ0v) is 17.6. The van der Waals surface area contributed by atoms with Crippen LogP contribution in [0.1, 0.15) is 40.5 Å². The number of anilines is 1. The van der Waals surface area contributed by atoms with E-state index in [-0.39, 0.29) is 5.91 Å². The molecule has 5 heterocycles. The van der Waals surface area contributed by atoms with Crippen LogP contribution in [0.4, 0.5) is 5.82 Å². The Kier molecular flexibility index (Phi) is 5.48. The monoisotopic (exact) mass is 418 g/mol. The van der Waals surface area contributed by atoms with Gasteiger partial charge in [-0.3, -0.25) is 14.7 Å². The molecule has 0 spiro atoms. The minimum Gasteiger partial charge on any atom is -0.378 e. The predicted octanol–water partition coefficient (Wildman–Crippen LogP) is 2.80. The minimum absolute atomic E-state index is 0.264. The van der Waals surface area contributed by atoms with Crippen LogP contribution in [0.2, 0.25) is 0 Å². The topological polar surface area (TPSA) is 85.2 Å². The summed E-state index contributed by atoms with van der Waals surface area (Å²) in [4.78, 5) is 23.9. The molecule has 1 N–H and O–H groups in total. The average Bonchev–Trinajstić information content (AvgIpc) is 3.18. The lowest BCUT2D eigenvalue weighted by atomic mass is 9.92. The number of aromatic nitrogens is 4. The van der Waals surface area contributed by atoms with Gasteiger partial charge in [0.25, 0.3) is 5.91 Å². The quantitative estimate of drug-likeness (QED) is 0.686. The highest BCUT2D eigenvalue weighted by Gasteiger charge is 2.31. The van der Waals surface area contributed by atoms with Crippen molar-refractivity contribution in [1.82, 2.24) is 24.6 Å². The van der Waals surface area contributed by atoms with E-state index >= 15 is 0 Å². The molecule has 160 valence electrons. The number of carbonyl (C=O) groups is 1. The summed E-state index contributed by atoms with van der Waals surface area (Å²) in [6.45, 7) is 5.79. The van der Waals surface area contributed by atoms with E-state index in [0.29, 0.717) is 29.3 Å². The molecule has 2 saturated heterocycles. The maximum Gasteiger partial charge on any atom is 0.275 e. The van der Waals surface area contributed by atoms with E-state index in [4.69, 9.17) is 9.84 Å². The molecule has 0 unspecified atom stereocenters. The summed E-state index contributed by atoms with van der Waals surface area (Å²) >= 11 is 0. The van der Waals surface area contributed by atoms with Crippen molar-refractivity contribution in [2.75, 3.05) is 31.6 Å². The van der Waals surface area contributed by atoms with Crippen molar-refractivity contribution in [1.29, 1.82) is 0 Å². The third-order valence-corrected chi connectivity index (χ3v) is 6.06. The number of rotatable bonds is 5. The fourth-order valence-electron chi connectivity index (χ4n) is 4.12. The van der Waals surface area contributed by atoms with Gasteiger partial charge in [0.2, 0.25) is 0 Å². The minimum atomic E-state index is -0.264. The maximum atomic E-state index is 12.7. The van der Waals surface area contributed by atoms with Crippen LogP contribution >= 0.6 is 0 Å². The van der Waals surface area contributed by atoms with Crippen molar-refractivity contribution in [3.63, 3.8) is 0 Å². The Bertz CT molecular complexity index is 1040. The number of pyridine rings is 2. The van der Waals surface area contributed by atoms with E-state index in [9.17, 15) is 4.79 Å². The van der Waals surface area contributed by atoms with Gasteiger partial charge in [-0.05, 0) is 56.6 Å². The second-order valence-electron chi connectivity index (χ2n) is 8.23. The number of piperidine rings is 1. The Morgan fingerprint density at radius 2 is 1.97 bits per heavy atom. The van der Waals surface area contributed by atoms with Gasteiger partial charge in [-0.2, -0.15) is 9.78 Å². The third-order valence-electron chi connectivity index (χ3n) is 6.06. The van der Waals surface area contributed by atoms with E-state index in [1.165, 1.54) is 0 Å². The highest BCUT2D eigenvalue weighted by atomic mass is 16.5. The van der Waals surface area contributed by atoms with Crippen molar-refractivity contribution in [2.45, 2.75) is 31.7 Å². The van der Waals surface area contributed by atoms with Gasteiger partial charge < -0.3 is 10.1 Å². The summed E-state index contributed by atoms with van der Waals surface area (Å²) < 4.78 is 7.06. The number of hydrogen-bond donors (Lipinski definition) is 1. The molecule has 0 aromatic carbocycles. The second-order valence-corrected chi connectivity index (χ2v) is 8.23. The van der Waals surface area contributed by atoms with Crippen LogP contribution in [0.5, 0.6) is 0 Å². The first-order chi connectivity index (χ1) is 15.2. The maximum absolute atomic E-state index is 12.7. The molecule has 2 aliphatic rings. The summed E-state index contributed by atoms with van der Waals surface area (Å²) in [6.07, 6.45) is 5.51. The van der Waals surface area contributed by atoms with Crippen molar-refractivity contribution < 1.29 is 9.53 Å². The van der Waals surface area contributed by atoms with Crippen molar-refractivity contribution in [3.05, 3.63) is 65.7 Å². The summed E-state index contributed by atoms with van der Waals surface area (Å²) in [7, 11) is 0. The van der Waals surface area contributed by atoms with Gasteiger partial charge in [-0.15, -0.1) is 0 Å². The van der Waals surface area contributed by atoms with Crippen molar-refractivity contribution in [2.24, 2.45) is 0 Å². The molecule has 1 amide bonds. The Labute approximate surface area is 181 Å². The summed E-state index contributed by atoms with van der Waals surface area (Å²) in [5, 5.41) is 7.84. The van der Waals surface area contributed by atoms with Crippen LogP contribution in [-0.4, -0.2) is 62.9 Å². The lowest BCUT2D eigenvalue weighted by Gasteiger charge is -2.41. The van der Waals surface area contributed by atoms with Crippen LogP contribution in [0, 0.1) is 6.92 Å². The number of nitrogens with one attached hydrogen (secondary N) is 1. The standard InChI is InChI=1S/C23H26N6O2/c1-16-5-6-21(25-13-16)29-22(26-23(30)19-4-2-3-9-24-19)12-20(27-29)17-7-10-28(11-8-17)18-14-31-15-18/h2-6,9,12-13,17-18H,7-8,10-11,14-15H2,1H3,(H,26,30). The first-order valence-corrected chi connectivity index (χ1v) is 10.7. The molecule has 0 saturated carbocycles. The highest BCUT2D eigenvalue weighted by molar-refractivity contribution is 6.02. The van der Waals surface area contributed by atoms with E-state index in [0.717, 1.165) is 50.4 Å². The molecule has 2 aliphatic heterocycles. The molecule has 31 heavy (non-hydrogen) atoms. The van der Waals surface area contributed by atoms with Crippen LogP contribution < -0.4 is 5.32 Å². The lowest BCUT2D eigenvalue weighted by Crippen LogP contribution is -2.51. The number of likely N-dealkylation sites (tertiary alicyclic amines) is 1. The third kappa shape index (κ3) is 4.22. The first kappa shape index (κ1) is 19.8. The number of hydrogen-bond acceptors (Lipinski definition) is 6. The molecule has 3 aromatic rings. The molecular weight excluding hydrogens is 392 g/mol. The fraction of sp³-hybridized carbons (Fsp3) is 0.391. The molecule has 0 aliphatic carbocycles. The van der Waals surface area contributed by atoms with E-state index < -0.39 is 0 Å². The molecule has 5 rings (SSSR count). The molecule has 2 fully saturated rings. The molecular formula is C23H26N6O2. The fourth-order valence-corrected chi connectivity index (χ4v) is 4.12. The van der Waals surface area contributed by atoms with E-state index in [1.807, 2.05) is 25.1 Å². The average molecular weight is 419 g/mol. The normalized spacial score (nSPS) is 18.0. The smallest absolute Gasteiger partial charge is 0.275 e. The molecule has 0 radical (unpaired) electrons. The largest absolute Gasteiger partial charge is 0.378 e. The molecule has 8 nitrogen and oxygen atoms in total. The number of carbonyl (C=O) groups excluding carboxylic acids is 1. The first-order valence-electron chi connectivity index (χ1n) is 10.7. The summed E-state index contributed by atoms with van der Waals surface area (Å²) in [5.74, 6) is 1.38. The van der Waals surface area contributed by atoms with Gasteiger partial charge in [-0.25, -0.2) is 4.98 Å². The van der Waals surface area contributed by atoms with Gasteiger partial charge in [0.1, 0.15) is 11.5 Å². The Balaban J connectivity index is 1.39. The van der Waals surface area contributed by atoms with Crippen LogP contribution in [-0.2, 0) is 4.74 Å². The zero-order chi connectivity index (χ0) is 21.2. The number of amides is 1. The van der Waals surface area contributed by atoms with Gasteiger partial charge >= 0.3 is 0 Å². The Morgan fingerprint density at radius 3 is 2.61 bits per heavy atom. The predicted molar refractivity (Wildman–Crippen MR) is 116 cm³/mol. The van der Waals surface area contributed by atoms with Gasteiger partial charge in [0, 0.05) is 24.4 Å². The second kappa shape index (κ2) is 8.56.